The largest absolute Gasteiger partial charge is 0.308 e. The van der Waals surface area contributed by atoms with E-state index in [-0.39, 0.29) is 12.5 Å². The van der Waals surface area contributed by atoms with Crippen LogP contribution in [-0.4, -0.2) is 27.1 Å². The van der Waals surface area contributed by atoms with Gasteiger partial charge in [-0.1, -0.05) is 42.5 Å². The van der Waals surface area contributed by atoms with Crippen molar-refractivity contribution in [3.05, 3.63) is 95.1 Å². The molecule has 1 aliphatic rings. The molecule has 3 aromatic rings. The van der Waals surface area contributed by atoms with Crippen LogP contribution in [0.1, 0.15) is 33.5 Å². The van der Waals surface area contributed by atoms with E-state index in [4.69, 9.17) is 0 Å². The Hall–Kier alpha value is -3.12. The van der Waals surface area contributed by atoms with Crippen molar-refractivity contribution in [1.29, 1.82) is 0 Å². The Morgan fingerprint density at radius 1 is 1.00 bits per heavy atom. The minimum absolute atomic E-state index is 0.0302. The molecule has 0 saturated carbocycles. The Kier molecular flexibility index (Phi) is 5.83. The van der Waals surface area contributed by atoms with Crippen molar-refractivity contribution in [3.63, 3.8) is 0 Å². The summed E-state index contributed by atoms with van der Waals surface area (Å²) in [4.78, 5) is 15.0. The summed E-state index contributed by atoms with van der Waals surface area (Å²) in [5, 5.41) is 0. The van der Waals surface area contributed by atoms with Crippen LogP contribution in [0.25, 0.3) is 0 Å². The number of sulfonamides is 1. The van der Waals surface area contributed by atoms with E-state index in [0.29, 0.717) is 17.8 Å². The monoisotopic (exact) mass is 434 g/mol. The molecule has 1 amide bonds. The molecular formula is C25H26N2O3S. The normalized spacial score (nSPS) is 13.5. The van der Waals surface area contributed by atoms with Crippen LogP contribution in [0.4, 0.5) is 11.4 Å². The number of fused-ring (bicyclic) bond motifs is 1. The summed E-state index contributed by atoms with van der Waals surface area (Å²) in [6.07, 6.45) is 3.14. The lowest BCUT2D eigenvalue weighted by atomic mass is 10.0. The molecule has 31 heavy (non-hydrogen) atoms. The lowest BCUT2D eigenvalue weighted by Crippen LogP contribution is -2.35. The van der Waals surface area contributed by atoms with E-state index in [2.05, 4.69) is 6.07 Å². The average molecular weight is 435 g/mol. The maximum atomic E-state index is 13.1. The number of para-hydroxylation sites is 1. The van der Waals surface area contributed by atoms with E-state index in [1.54, 1.807) is 18.2 Å². The summed E-state index contributed by atoms with van der Waals surface area (Å²) < 4.78 is 26.2. The summed E-state index contributed by atoms with van der Waals surface area (Å²) in [6.45, 7) is 2.85. The van der Waals surface area contributed by atoms with Gasteiger partial charge in [0.1, 0.15) is 0 Å². The summed E-state index contributed by atoms with van der Waals surface area (Å²) in [7, 11) is -3.45. The van der Waals surface area contributed by atoms with Crippen molar-refractivity contribution in [1.82, 2.24) is 0 Å². The zero-order valence-corrected chi connectivity index (χ0v) is 18.6. The van der Waals surface area contributed by atoms with E-state index in [1.807, 2.05) is 60.4 Å². The van der Waals surface area contributed by atoms with E-state index >= 15 is 0 Å². The third kappa shape index (κ3) is 4.64. The Morgan fingerprint density at radius 3 is 2.45 bits per heavy atom. The van der Waals surface area contributed by atoms with Gasteiger partial charge in [0, 0.05) is 17.8 Å². The molecule has 1 aliphatic heterocycles. The molecule has 4 rings (SSSR count). The first-order valence-corrected chi connectivity index (χ1v) is 12.2. The van der Waals surface area contributed by atoms with Gasteiger partial charge >= 0.3 is 0 Å². The van der Waals surface area contributed by atoms with Gasteiger partial charge in [-0.2, -0.15) is 0 Å². The molecule has 0 radical (unpaired) electrons. The van der Waals surface area contributed by atoms with Crippen LogP contribution in [0.5, 0.6) is 0 Å². The molecule has 3 aromatic carbocycles. The molecule has 5 nitrogen and oxygen atoms in total. The minimum Gasteiger partial charge on any atom is -0.308 e. The predicted octanol–water partition coefficient (Wildman–Crippen LogP) is 4.55. The predicted molar refractivity (Wildman–Crippen MR) is 125 cm³/mol. The Balaban J connectivity index is 1.56. The second-order valence-corrected chi connectivity index (χ2v) is 9.90. The average Bonchev–Trinajstić information content (AvgIpc) is 2.76. The summed E-state index contributed by atoms with van der Waals surface area (Å²) >= 11 is 0. The topological polar surface area (TPSA) is 57.7 Å². The summed E-state index contributed by atoms with van der Waals surface area (Å²) in [5.41, 5.74) is 5.22. The highest BCUT2D eigenvalue weighted by molar-refractivity contribution is 7.92. The van der Waals surface area contributed by atoms with E-state index in [9.17, 15) is 13.2 Å². The Bertz CT molecular complexity index is 1200. The van der Waals surface area contributed by atoms with Gasteiger partial charge in [-0.05, 0) is 66.8 Å². The van der Waals surface area contributed by atoms with Crippen LogP contribution < -0.4 is 9.21 Å². The number of nitrogens with zero attached hydrogens (tertiary/aromatic N) is 2. The van der Waals surface area contributed by atoms with Crippen LogP contribution in [-0.2, 0) is 23.0 Å². The zero-order chi connectivity index (χ0) is 22.0. The SMILES string of the molecule is Cc1cccc(N(Cc2ccc(C(=O)N3CCCc4ccccc43)cc2)S(C)(=O)=O)c1. The number of benzene rings is 3. The van der Waals surface area contributed by atoms with Gasteiger partial charge in [0.05, 0.1) is 18.5 Å². The van der Waals surface area contributed by atoms with Crippen molar-refractivity contribution in [2.75, 3.05) is 22.0 Å². The molecule has 1 heterocycles. The van der Waals surface area contributed by atoms with E-state index < -0.39 is 10.0 Å². The first kappa shape index (κ1) is 21.1. The van der Waals surface area contributed by atoms with Gasteiger partial charge in [0.2, 0.25) is 10.0 Å². The standard InChI is InChI=1S/C25H26N2O3S/c1-19-7-5-10-23(17-19)27(31(2,29)30)18-20-12-14-22(15-13-20)25(28)26-16-6-9-21-8-3-4-11-24(21)26/h3-5,7-8,10-15,17H,6,9,16,18H2,1-2H3. The summed E-state index contributed by atoms with van der Waals surface area (Å²) in [6, 6.07) is 22.7. The molecule has 0 fully saturated rings. The van der Waals surface area contributed by atoms with Gasteiger partial charge in [-0.25, -0.2) is 8.42 Å². The maximum Gasteiger partial charge on any atom is 0.258 e. The smallest absolute Gasteiger partial charge is 0.258 e. The number of carbonyl (C=O) groups excluding carboxylic acids is 1. The highest BCUT2D eigenvalue weighted by atomic mass is 32.2. The van der Waals surface area contributed by atoms with E-state index in [1.165, 1.54) is 16.1 Å². The number of hydrogen-bond donors (Lipinski definition) is 0. The lowest BCUT2D eigenvalue weighted by Gasteiger charge is -2.29. The van der Waals surface area contributed by atoms with Crippen LogP contribution in [0.2, 0.25) is 0 Å². The van der Waals surface area contributed by atoms with Gasteiger partial charge in [-0.3, -0.25) is 9.10 Å². The number of anilines is 2. The van der Waals surface area contributed by atoms with Crippen molar-refractivity contribution in [2.45, 2.75) is 26.3 Å². The van der Waals surface area contributed by atoms with Gasteiger partial charge in [0.15, 0.2) is 0 Å². The first-order valence-electron chi connectivity index (χ1n) is 10.4. The maximum absolute atomic E-state index is 13.1. The van der Waals surface area contributed by atoms with Crippen LogP contribution in [0, 0.1) is 6.92 Å². The molecule has 0 spiro atoms. The molecule has 160 valence electrons. The van der Waals surface area contributed by atoms with E-state index in [0.717, 1.165) is 29.7 Å². The third-order valence-corrected chi connectivity index (χ3v) is 6.71. The molecular weight excluding hydrogens is 408 g/mol. The molecule has 0 unspecified atom stereocenters. The quantitative estimate of drug-likeness (QED) is 0.592. The summed E-state index contributed by atoms with van der Waals surface area (Å²) in [5.74, 6) is -0.0302. The lowest BCUT2D eigenvalue weighted by molar-refractivity contribution is 0.0985. The molecule has 0 atom stereocenters. The van der Waals surface area contributed by atoms with Gasteiger partial charge in [-0.15, -0.1) is 0 Å². The zero-order valence-electron chi connectivity index (χ0n) is 17.8. The highest BCUT2D eigenvalue weighted by Gasteiger charge is 2.23. The first-order chi connectivity index (χ1) is 14.8. The Morgan fingerprint density at radius 2 is 1.74 bits per heavy atom. The highest BCUT2D eigenvalue weighted by Crippen LogP contribution is 2.28. The molecule has 0 N–H and O–H groups in total. The second kappa shape index (κ2) is 8.55. The van der Waals surface area contributed by atoms with Crippen molar-refractivity contribution < 1.29 is 13.2 Å². The molecule has 6 heteroatoms. The molecule has 0 aliphatic carbocycles. The second-order valence-electron chi connectivity index (χ2n) is 7.99. The minimum atomic E-state index is -3.45. The fraction of sp³-hybridized carbons (Fsp3) is 0.240. The van der Waals surface area contributed by atoms with Gasteiger partial charge < -0.3 is 4.90 Å². The fourth-order valence-corrected chi connectivity index (χ4v) is 4.88. The third-order valence-electron chi connectivity index (χ3n) is 5.57. The van der Waals surface area contributed by atoms with Crippen LogP contribution in [0.15, 0.2) is 72.8 Å². The number of rotatable bonds is 5. The number of amides is 1. The Labute approximate surface area is 184 Å². The van der Waals surface area contributed by atoms with Crippen LogP contribution >= 0.6 is 0 Å². The van der Waals surface area contributed by atoms with Crippen molar-refractivity contribution in [2.24, 2.45) is 0 Å². The fourth-order valence-electron chi connectivity index (χ4n) is 4.00. The number of hydrogen-bond acceptors (Lipinski definition) is 3. The number of aryl methyl sites for hydroxylation is 2. The van der Waals surface area contributed by atoms with Crippen molar-refractivity contribution in [3.8, 4) is 0 Å². The molecule has 0 bridgehead atoms. The molecule has 0 aromatic heterocycles. The van der Waals surface area contributed by atoms with Gasteiger partial charge in [0.25, 0.3) is 5.91 Å². The number of carbonyl (C=O) groups is 1. The van der Waals surface area contributed by atoms with Crippen LogP contribution in [0.3, 0.4) is 0 Å². The molecule has 0 saturated heterocycles. The van der Waals surface area contributed by atoms with Crippen molar-refractivity contribution >= 4 is 27.3 Å².